The van der Waals surface area contributed by atoms with Crippen LogP contribution < -0.4 is 4.74 Å². The van der Waals surface area contributed by atoms with Crippen molar-refractivity contribution in [3.05, 3.63) is 41.5 Å². The monoisotopic (exact) mass is 354 g/mol. The van der Waals surface area contributed by atoms with Crippen molar-refractivity contribution in [1.82, 2.24) is 0 Å². The lowest BCUT2D eigenvalue weighted by atomic mass is 9.99. The van der Waals surface area contributed by atoms with E-state index in [4.69, 9.17) is 4.74 Å². The maximum Gasteiger partial charge on any atom is 0.118 e. The molecule has 1 aromatic rings. The Kier molecular flexibility index (Phi) is 7.47. The van der Waals surface area contributed by atoms with Crippen molar-refractivity contribution in [3.63, 3.8) is 0 Å². The van der Waals surface area contributed by atoms with E-state index in [1.807, 2.05) is 26.0 Å². The van der Waals surface area contributed by atoms with Crippen molar-refractivity contribution in [1.29, 1.82) is 0 Å². The fraction of sp³-hybridized carbons (Fsp3) is 0.556. The number of methoxy groups -OCH3 is 1. The predicted molar refractivity (Wildman–Crippen MR) is 93.3 cm³/mol. The molecule has 0 radical (unpaired) electrons. The zero-order valence-corrected chi connectivity index (χ0v) is 15.1. The molecule has 3 heteroatoms. The van der Waals surface area contributed by atoms with Gasteiger partial charge in [0.15, 0.2) is 0 Å². The van der Waals surface area contributed by atoms with E-state index in [-0.39, 0.29) is 10.4 Å². The number of benzene rings is 1. The fourth-order valence-electron chi connectivity index (χ4n) is 2.09. The molecule has 1 aromatic carbocycles. The van der Waals surface area contributed by atoms with Crippen LogP contribution in [0.5, 0.6) is 5.75 Å². The van der Waals surface area contributed by atoms with Gasteiger partial charge >= 0.3 is 0 Å². The molecule has 0 heterocycles. The summed E-state index contributed by atoms with van der Waals surface area (Å²) in [5.41, 5.74) is 2.67. The Morgan fingerprint density at radius 3 is 2.48 bits per heavy atom. The normalized spacial score (nSPS) is 14.1. The molecule has 1 rings (SSSR count). The summed E-state index contributed by atoms with van der Waals surface area (Å²) in [5.74, 6) is 0.900. The van der Waals surface area contributed by atoms with Crippen molar-refractivity contribution < 1.29 is 9.84 Å². The molecule has 0 aliphatic heterocycles. The second kappa shape index (κ2) is 8.60. The quantitative estimate of drug-likeness (QED) is 0.531. The highest BCUT2D eigenvalue weighted by Crippen LogP contribution is 2.25. The number of hydrogen-bond donors (Lipinski definition) is 1. The number of allylic oxidation sites excluding steroid dienone is 2. The summed E-state index contributed by atoms with van der Waals surface area (Å²) in [6, 6.07) is 8.22. The first-order valence-electron chi connectivity index (χ1n) is 7.48. The smallest absolute Gasteiger partial charge is 0.118 e. The summed E-state index contributed by atoms with van der Waals surface area (Å²) in [4.78, 5) is 0. The molecule has 1 unspecified atom stereocenters. The minimum atomic E-state index is -0.317. The Morgan fingerprint density at radius 2 is 1.95 bits per heavy atom. The highest BCUT2D eigenvalue weighted by Gasteiger charge is 2.23. The molecule has 1 N–H and O–H groups in total. The van der Waals surface area contributed by atoms with Crippen LogP contribution in [0.25, 0.3) is 0 Å². The summed E-state index contributed by atoms with van der Waals surface area (Å²) in [7, 11) is 1.68. The molecule has 2 nitrogen and oxygen atoms in total. The van der Waals surface area contributed by atoms with E-state index < -0.39 is 0 Å². The fourth-order valence-corrected chi connectivity index (χ4v) is 2.32. The van der Waals surface area contributed by atoms with Crippen LogP contribution in [0.15, 0.2) is 35.9 Å². The molecule has 0 saturated heterocycles. The van der Waals surface area contributed by atoms with Crippen LogP contribution in [0.4, 0.5) is 0 Å². The van der Waals surface area contributed by atoms with Crippen LogP contribution >= 0.6 is 15.9 Å². The third-order valence-corrected chi connectivity index (χ3v) is 4.22. The van der Waals surface area contributed by atoms with Gasteiger partial charge in [0.25, 0.3) is 0 Å². The van der Waals surface area contributed by atoms with Crippen molar-refractivity contribution >= 4 is 15.9 Å². The zero-order chi connectivity index (χ0) is 15.9. The molecule has 0 bridgehead atoms. The number of aryl methyl sites for hydroxylation is 1. The van der Waals surface area contributed by atoms with Crippen LogP contribution in [0.1, 0.15) is 45.6 Å². The van der Waals surface area contributed by atoms with E-state index in [0.29, 0.717) is 0 Å². The van der Waals surface area contributed by atoms with Gasteiger partial charge in [-0.15, -0.1) is 0 Å². The first kappa shape index (κ1) is 18.2. The number of hydrogen-bond acceptors (Lipinski definition) is 2. The maximum absolute atomic E-state index is 10.0. The number of aliphatic hydroxyl groups is 1. The average Bonchev–Trinajstić information content (AvgIpc) is 2.44. The van der Waals surface area contributed by atoms with Crippen LogP contribution in [0.2, 0.25) is 0 Å². The average molecular weight is 355 g/mol. The van der Waals surface area contributed by atoms with Gasteiger partial charge < -0.3 is 9.84 Å². The van der Waals surface area contributed by atoms with Crippen LogP contribution in [0, 0.1) is 0 Å². The van der Waals surface area contributed by atoms with Crippen molar-refractivity contribution in [2.75, 3.05) is 7.11 Å². The minimum Gasteiger partial charge on any atom is -0.497 e. The minimum absolute atomic E-state index is 0.212. The molecule has 21 heavy (non-hydrogen) atoms. The molecule has 0 spiro atoms. The second-order valence-electron chi connectivity index (χ2n) is 6.06. The number of ether oxygens (including phenoxy) is 1. The number of alkyl halides is 1. The summed E-state index contributed by atoms with van der Waals surface area (Å²) >= 11 is 3.51. The van der Waals surface area contributed by atoms with Gasteiger partial charge in [-0.2, -0.15) is 0 Å². The lowest BCUT2D eigenvalue weighted by Gasteiger charge is -2.23. The molecule has 0 aliphatic rings. The summed E-state index contributed by atoms with van der Waals surface area (Å²) in [6.07, 6.45) is 5.77. The highest BCUT2D eigenvalue weighted by atomic mass is 79.9. The predicted octanol–water partition coefficient (Wildman–Crippen LogP) is 4.89. The Hall–Kier alpha value is -0.800. The number of halogens is 1. The zero-order valence-electron chi connectivity index (χ0n) is 13.5. The first-order chi connectivity index (χ1) is 9.82. The van der Waals surface area contributed by atoms with Crippen molar-refractivity contribution in [2.24, 2.45) is 0 Å². The molecule has 118 valence electrons. The van der Waals surface area contributed by atoms with E-state index in [2.05, 4.69) is 41.1 Å². The van der Waals surface area contributed by atoms with Gasteiger partial charge in [-0.3, -0.25) is 0 Å². The molecule has 0 aromatic heterocycles. The molecule has 0 fully saturated rings. The topological polar surface area (TPSA) is 29.5 Å². The molecule has 0 saturated carbocycles. The molecule has 0 amide bonds. The summed E-state index contributed by atoms with van der Waals surface area (Å²) in [5, 5.41) is 10.0. The Labute approximate surface area is 137 Å². The van der Waals surface area contributed by atoms with Crippen LogP contribution in [0.3, 0.4) is 0 Å². The van der Waals surface area contributed by atoms with Crippen LogP contribution in [-0.4, -0.2) is 22.6 Å². The van der Waals surface area contributed by atoms with E-state index in [9.17, 15) is 5.11 Å². The Morgan fingerprint density at radius 1 is 1.33 bits per heavy atom. The SMILES string of the molecule is COc1ccc(CC/C=C(\C)CCC(O)C(C)(C)Br)cc1. The van der Waals surface area contributed by atoms with E-state index in [1.54, 1.807) is 7.11 Å². The third kappa shape index (κ3) is 7.14. The van der Waals surface area contributed by atoms with Gasteiger partial charge in [-0.25, -0.2) is 0 Å². The first-order valence-corrected chi connectivity index (χ1v) is 8.27. The van der Waals surface area contributed by atoms with Crippen molar-refractivity contribution in [2.45, 2.75) is 56.9 Å². The van der Waals surface area contributed by atoms with E-state index >= 15 is 0 Å². The third-order valence-electron chi connectivity index (χ3n) is 3.69. The highest BCUT2D eigenvalue weighted by molar-refractivity contribution is 9.10. The molecule has 0 aliphatic carbocycles. The van der Waals surface area contributed by atoms with Gasteiger partial charge in [0.1, 0.15) is 5.75 Å². The van der Waals surface area contributed by atoms with Gasteiger partial charge in [-0.05, 0) is 64.2 Å². The Bertz CT molecular complexity index is 443. The van der Waals surface area contributed by atoms with Gasteiger partial charge in [0.2, 0.25) is 0 Å². The number of rotatable bonds is 8. The van der Waals surface area contributed by atoms with Crippen molar-refractivity contribution in [3.8, 4) is 5.75 Å². The summed E-state index contributed by atoms with van der Waals surface area (Å²) < 4.78 is 4.94. The largest absolute Gasteiger partial charge is 0.497 e. The van der Waals surface area contributed by atoms with Gasteiger partial charge in [0, 0.05) is 4.32 Å². The Balaban J connectivity index is 2.35. The van der Waals surface area contributed by atoms with E-state index in [1.165, 1.54) is 11.1 Å². The molecule has 1 atom stereocenters. The maximum atomic E-state index is 10.0. The van der Waals surface area contributed by atoms with E-state index in [0.717, 1.165) is 31.4 Å². The van der Waals surface area contributed by atoms with Gasteiger partial charge in [0.05, 0.1) is 13.2 Å². The van der Waals surface area contributed by atoms with Crippen LogP contribution in [-0.2, 0) is 6.42 Å². The number of aliphatic hydroxyl groups excluding tert-OH is 1. The molecular weight excluding hydrogens is 328 g/mol. The lowest BCUT2D eigenvalue weighted by Crippen LogP contribution is -2.29. The molecular formula is C18H27BrO2. The second-order valence-corrected chi connectivity index (χ2v) is 8.10. The summed E-state index contributed by atoms with van der Waals surface area (Å²) in [6.45, 7) is 6.14. The standard InChI is InChI=1S/C18H27BrO2/c1-14(8-13-17(20)18(2,3)19)6-5-7-15-9-11-16(21-4)12-10-15/h6,9-12,17,20H,5,7-8,13H2,1-4H3/b14-6+. The lowest BCUT2D eigenvalue weighted by molar-refractivity contribution is 0.135. The van der Waals surface area contributed by atoms with Gasteiger partial charge in [-0.1, -0.05) is 39.7 Å².